The molecule has 0 aromatic heterocycles. The molecule has 2 unspecified atom stereocenters. The van der Waals surface area contributed by atoms with Crippen LogP contribution in [0.15, 0.2) is 24.3 Å². The van der Waals surface area contributed by atoms with Crippen LogP contribution in [0, 0.1) is 3.57 Å². The van der Waals surface area contributed by atoms with Gasteiger partial charge in [0.2, 0.25) is 5.91 Å². The summed E-state index contributed by atoms with van der Waals surface area (Å²) in [5, 5.41) is 11.9. The lowest BCUT2D eigenvalue weighted by Gasteiger charge is -2.27. The van der Waals surface area contributed by atoms with Gasteiger partial charge in [0.05, 0.1) is 6.04 Å². The van der Waals surface area contributed by atoms with Crippen LogP contribution in [0.3, 0.4) is 0 Å². The highest BCUT2D eigenvalue weighted by molar-refractivity contribution is 14.1. The molecule has 7 heteroatoms. The lowest BCUT2D eigenvalue weighted by atomic mass is 9.94. The van der Waals surface area contributed by atoms with Gasteiger partial charge in [-0.15, -0.1) is 0 Å². The molecule has 0 aliphatic carbocycles. The van der Waals surface area contributed by atoms with Crippen molar-refractivity contribution < 1.29 is 14.7 Å². The second kappa shape index (κ2) is 8.44. The number of carboxylic acids is 1. The first kappa shape index (κ1) is 18.9. The van der Waals surface area contributed by atoms with Crippen molar-refractivity contribution in [3.8, 4) is 0 Å². The monoisotopic (exact) mass is 419 g/mol. The summed E-state index contributed by atoms with van der Waals surface area (Å²) in [4.78, 5) is 23.5. The average molecular weight is 419 g/mol. The Labute approximate surface area is 143 Å². The van der Waals surface area contributed by atoms with E-state index in [1.54, 1.807) is 0 Å². The summed E-state index contributed by atoms with van der Waals surface area (Å²) in [6, 6.07) is 6.88. The van der Waals surface area contributed by atoms with E-state index in [0.717, 1.165) is 9.13 Å². The fraction of sp³-hybridized carbons (Fsp3) is 0.467. The number of amides is 1. The van der Waals surface area contributed by atoms with E-state index in [4.69, 9.17) is 11.5 Å². The Kier molecular flexibility index (Phi) is 7.24. The first-order chi connectivity index (χ1) is 10.3. The van der Waals surface area contributed by atoms with E-state index >= 15 is 0 Å². The van der Waals surface area contributed by atoms with Gasteiger partial charge >= 0.3 is 5.97 Å². The Morgan fingerprint density at radius 1 is 1.36 bits per heavy atom. The van der Waals surface area contributed by atoms with E-state index in [2.05, 4.69) is 27.9 Å². The summed E-state index contributed by atoms with van der Waals surface area (Å²) < 4.78 is 1.10. The topological polar surface area (TPSA) is 118 Å². The zero-order valence-corrected chi connectivity index (χ0v) is 14.7. The van der Waals surface area contributed by atoms with Crippen molar-refractivity contribution in [3.05, 3.63) is 33.4 Å². The van der Waals surface area contributed by atoms with Crippen LogP contribution in [0.1, 0.15) is 25.3 Å². The molecule has 1 aromatic carbocycles. The molecule has 0 spiro atoms. The highest BCUT2D eigenvalue weighted by atomic mass is 127. The predicted molar refractivity (Wildman–Crippen MR) is 93.3 cm³/mol. The second-order valence-corrected chi connectivity index (χ2v) is 6.70. The smallest absolute Gasteiger partial charge is 0.329 e. The fourth-order valence-corrected chi connectivity index (χ4v) is 2.37. The maximum absolute atomic E-state index is 12.2. The Bertz CT molecular complexity index is 521. The standard InChI is InChI=1S/C15H22IN3O3/c1-15(14(21)22,7-2-8-17)19-13(20)12(18)9-10-3-5-11(16)6-4-10/h3-6,12H,2,7-9,17-18H2,1H3,(H,19,20)(H,21,22). The van der Waals surface area contributed by atoms with Crippen molar-refractivity contribution in [2.75, 3.05) is 6.54 Å². The van der Waals surface area contributed by atoms with Crippen LogP contribution in [0.4, 0.5) is 0 Å². The molecule has 0 heterocycles. The number of carbonyl (C=O) groups is 2. The molecule has 6 nitrogen and oxygen atoms in total. The first-order valence-electron chi connectivity index (χ1n) is 7.04. The van der Waals surface area contributed by atoms with Gasteiger partial charge in [-0.1, -0.05) is 12.1 Å². The van der Waals surface area contributed by atoms with Crippen LogP contribution >= 0.6 is 22.6 Å². The van der Waals surface area contributed by atoms with Crippen LogP contribution in [0.5, 0.6) is 0 Å². The molecule has 1 amide bonds. The fourth-order valence-electron chi connectivity index (χ4n) is 2.01. The van der Waals surface area contributed by atoms with Gasteiger partial charge in [0.1, 0.15) is 5.54 Å². The molecule has 0 saturated carbocycles. The van der Waals surface area contributed by atoms with Crippen LogP contribution in [0.25, 0.3) is 0 Å². The van der Waals surface area contributed by atoms with Crippen molar-refractivity contribution >= 4 is 34.5 Å². The number of benzene rings is 1. The van der Waals surface area contributed by atoms with Gasteiger partial charge in [-0.3, -0.25) is 4.79 Å². The molecule has 2 atom stereocenters. The number of nitrogens with two attached hydrogens (primary N) is 2. The quantitative estimate of drug-likeness (QED) is 0.466. The lowest BCUT2D eigenvalue weighted by molar-refractivity contribution is -0.147. The maximum Gasteiger partial charge on any atom is 0.329 e. The van der Waals surface area contributed by atoms with Crippen molar-refractivity contribution in [1.29, 1.82) is 0 Å². The van der Waals surface area contributed by atoms with Crippen molar-refractivity contribution in [3.63, 3.8) is 0 Å². The zero-order valence-electron chi connectivity index (χ0n) is 12.5. The number of aliphatic carboxylic acids is 1. The lowest BCUT2D eigenvalue weighted by Crippen LogP contribution is -2.57. The first-order valence-corrected chi connectivity index (χ1v) is 8.12. The van der Waals surface area contributed by atoms with E-state index in [0.29, 0.717) is 19.4 Å². The van der Waals surface area contributed by atoms with E-state index < -0.39 is 23.5 Å². The number of hydrogen-bond acceptors (Lipinski definition) is 4. The van der Waals surface area contributed by atoms with Gasteiger partial charge in [-0.25, -0.2) is 4.79 Å². The number of hydrogen-bond donors (Lipinski definition) is 4. The summed E-state index contributed by atoms with van der Waals surface area (Å²) in [7, 11) is 0. The minimum Gasteiger partial charge on any atom is -0.480 e. The van der Waals surface area contributed by atoms with Gasteiger partial charge < -0.3 is 21.9 Å². The average Bonchev–Trinajstić information content (AvgIpc) is 2.47. The Balaban J connectivity index is 2.68. The molecule has 0 fully saturated rings. The summed E-state index contributed by atoms with van der Waals surface area (Å²) in [6.07, 6.45) is 1.13. The minimum atomic E-state index is -1.35. The molecule has 1 rings (SSSR count). The predicted octanol–water partition coefficient (Wildman–Crippen LogP) is 0.859. The van der Waals surface area contributed by atoms with E-state index in [1.807, 2.05) is 24.3 Å². The van der Waals surface area contributed by atoms with Gasteiger partial charge in [-0.05, 0) is 73.0 Å². The third-order valence-corrected chi connectivity index (χ3v) is 4.18. The molecule has 0 aliphatic heterocycles. The molecule has 22 heavy (non-hydrogen) atoms. The Morgan fingerprint density at radius 3 is 2.45 bits per heavy atom. The summed E-state index contributed by atoms with van der Waals surface area (Å²) >= 11 is 2.20. The molecule has 122 valence electrons. The maximum atomic E-state index is 12.2. The van der Waals surface area contributed by atoms with E-state index in [-0.39, 0.29) is 6.42 Å². The van der Waals surface area contributed by atoms with Crippen molar-refractivity contribution in [2.24, 2.45) is 11.5 Å². The third-order valence-electron chi connectivity index (χ3n) is 3.46. The molecular formula is C15H22IN3O3. The second-order valence-electron chi connectivity index (χ2n) is 5.46. The highest BCUT2D eigenvalue weighted by Crippen LogP contribution is 2.14. The number of carboxylic acid groups (broad SMARTS) is 1. The number of halogens is 1. The van der Waals surface area contributed by atoms with Gasteiger partial charge in [-0.2, -0.15) is 0 Å². The Hall–Kier alpha value is -1.19. The van der Waals surface area contributed by atoms with Gasteiger partial charge in [0, 0.05) is 3.57 Å². The molecule has 1 aromatic rings. The van der Waals surface area contributed by atoms with Crippen LogP contribution in [-0.4, -0.2) is 35.1 Å². The van der Waals surface area contributed by atoms with Crippen LogP contribution in [0.2, 0.25) is 0 Å². The number of carbonyl (C=O) groups excluding carboxylic acids is 1. The molecule has 0 aliphatic rings. The molecule has 0 radical (unpaired) electrons. The van der Waals surface area contributed by atoms with E-state index in [1.165, 1.54) is 6.92 Å². The number of rotatable bonds is 8. The van der Waals surface area contributed by atoms with Gasteiger partial charge in [0.15, 0.2) is 0 Å². The summed E-state index contributed by atoms with van der Waals surface area (Å²) in [5.74, 6) is -1.56. The molecule has 0 bridgehead atoms. The summed E-state index contributed by atoms with van der Waals surface area (Å²) in [6.45, 7) is 1.84. The molecule has 6 N–H and O–H groups in total. The minimum absolute atomic E-state index is 0.265. The van der Waals surface area contributed by atoms with Crippen LogP contribution < -0.4 is 16.8 Å². The zero-order chi connectivity index (χ0) is 16.8. The van der Waals surface area contributed by atoms with E-state index in [9.17, 15) is 14.7 Å². The van der Waals surface area contributed by atoms with Crippen molar-refractivity contribution in [1.82, 2.24) is 5.32 Å². The Morgan fingerprint density at radius 2 is 1.95 bits per heavy atom. The molecule has 0 saturated heterocycles. The largest absolute Gasteiger partial charge is 0.480 e. The number of nitrogens with one attached hydrogen (secondary N) is 1. The summed E-state index contributed by atoms with van der Waals surface area (Å²) in [5.41, 5.74) is 10.9. The SMILES string of the molecule is CC(CCCN)(NC(=O)C(N)Cc1ccc(I)cc1)C(=O)O. The normalized spacial score (nSPS) is 14.9. The molecular weight excluding hydrogens is 397 g/mol. The van der Waals surface area contributed by atoms with Crippen LogP contribution in [-0.2, 0) is 16.0 Å². The third kappa shape index (κ3) is 5.54. The highest BCUT2D eigenvalue weighted by Gasteiger charge is 2.35. The van der Waals surface area contributed by atoms with Crippen molar-refractivity contribution in [2.45, 2.75) is 37.8 Å². The van der Waals surface area contributed by atoms with Gasteiger partial charge in [0.25, 0.3) is 0 Å².